The summed E-state index contributed by atoms with van der Waals surface area (Å²) in [4.78, 5) is 10.0. The normalized spacial score (nSPS) is 11.5. The Hall–Kier alpha value is -3.40. The summed E-state index contributed by atoms with van der Waals surface area (Å²) in [7, 11) is 1.58. The number of halogens is 1. The molecule has 34 heavy (non-hydrogen) atoms. The summed E-state index contributed by atoms with van der Waals surface area (Å²) in [6.07, 6.45) is 1.80. The van der Waals surface area contributed by atoms with Crippen molar-refractivity contribution in [3.63, 3.8) is 0 Å². The standard InChI is InChI=1S/C24H17ClN4O3S2/c1-13-4-3-5-14(6-13)22-26-16(12-33-22)11-31-19-7-15(25)8-20-17(19)9-21(32-20)18-10-29-23(27-18)34-24(28-29)30-2/h3-10,12H,11H2,1-2H3. The molecule has 0 amide bonds. The van der Waals surface area contributed by atoms with Gasteiger partial charge in [0.25, 0.3) is 5.19 Å². The highest BCUT2D eigenvalue weighted by molar-refractivity contribution is 7.18. The summed E-state index contributed by atoms with van der Waals surface area (Å²) in [6, 6.07) is 13.8. The molecule has 0 saturated heterocycles. The van der Waals surface area contributed by atoms with Crippen molar-refractivity contribution in [2.45, 2.75) is 13.5 Å². The first-order valence-corrected chi connectivity index (χ1v) is 12.4. The molecule has 4 aromatic heterocycles. The van der Waals surface area contributed by atoms with Crippen LogP contribution in [0.25, 0.3) is 38.0 Å². The number of ether oxygens (including phenoxy) is 2. The number of rotatable bonds is 6. The first-order chi connectivity index (χ1) is 16.6. The van der Waals surface area contributed by atoms with E-state index >= 15 is 0 Å². The number of hydrogen-bond donors (Lipinski definition) is 0. The Morgan fingerprint density at radius 2 is 2.06 bits per heavy atom. The van der Waals surface area contributed by atoms with Gasteiger partial charge >= 0.3 is 0 Å². The Balaban J connectivity index is 1.27. The van der Waals surface area contributed by atoms with E-state index in [1.165, 1.54) is 16.9 Å². The molecule has 0 aliphatic carbocycles. The molecule has 7 nitrogen and oxygen atoms in total. The third-order valence-electron chi connectivity index (χ3n) is 5.21. The molecule has 0 aliphatic heterocycles. The molecule has 0 N–H and O–H groups in total. The van der Waals surface area contributed by atoms with E-state index in [2.05, 4.69) is 35.2 Å². The van der Waals surface area contributed by atoms with Crippen LogP contribution in [0.3, 0.4) is 0 Å². The van der Waals surface area contributed by atoms with E-state index in [9.17, 15) is 0 Å². The molecule has 0 radical (unpaired) electrons. The lowest BCUT2D eigenvalue weighted by atomic mass is 10.1. The molecule has 0 unspecified atom stereocenters. The van der Waals surface area contributed by atoms with Crippen molar-refractivity contribution in [1.29, 1.82) is 0 Å². The van der Waals surface area contributed by atoms with E-state index in [0.717, 1.165) is 26.6 Å². The van der Waals surface area contributed by atoms with Crippen LogP contribution < -0.4 is 9.47 Å². The maximum absolute atomic E-state index is 6.34. The van der Waals surface area contributed by atoms with Gasteiger partial charge < -0.3 is 13.9 Å². The predicted octanol–water partition coefficient (Wildman–Crippen LogP) is 6.88. The Kier molecular flexibility index (Phi) is 5.24. The molecule has 2 aromatic carbocycles. The quantitative estimate of drug-likeness (QED) is 0.244. The van der Waals surface area contributed by atoms with Gasteiger partial charge in [-0.3, -0.25) is 0 Å². The van der Waals surface area contributed by atoms with Crippen molar-refractivity contribution in [1.82, 2.24) is 19.6 Å². The Labute approximate surface area is 207 Å². The zero-order valence-corrected chi connectivity index (χ0v) is 20.5. The van der Waals surface area contributed by atoms with E-state index in [0.29, 0.717) is 39.6 Å². The Morgan fingerprint density at radius 3 is 2.88 bits per heavy atom. The maximum atomic E-state index is 6.34. The minimum atomic E-state index is 0.322. The number of hydrogen-bond acceptors (Lipinski definition) is 8. The monoisotopic (exact) mass is 508 g/mol. The highest BCUT2D eigenvalue weighted by Gasteiger charge is 2.17. The summed E-state index contributed by atoms with van der Waals surface area (Å²) in [5.74, 6) is 1.23. The van der Waals surface area contributed by atoms with Crippen LogP contribution in [-0.2, 0) is 6.61 Å². The SMILES string of the molecule is COc1nn2cc(-c3cc4c(OCc5csc(-c6cccc(C)c6)n5)cc(Cl)cc4o3)nc2s1. The van der Waals surface area contributed by atoms with Gasteiger partial charge in [0.2, 0.25) is 4.96 Å². The zero-order chi connectivity index (χ0) is 23.2. The summed E-state index contributed by atoms with van der Waals surface area (Å²) >= 11 is 9.30. The van der Waals surface area contributed by atoms with Crippen LogP contribution in [0.1, 0.15) is 11.3 Å². The fourth-order valence-corrected chi connectivity index (χ4v) is 5.34. The van der Waals surface area contributed by atoms with Crippen LogP contribution in [0.4, 0.5) is 0 Å². The summed E-state index contributed by atoms with van der Waals surface area (Å²) < 4.78 is 19.0. The van der Waals surface area contributed by atoms with Gasteiger partial charge in [0.1, 0.15) is 28.6 Å². The van der Waals surface area contributed by atoms with Gasteiger partial charge in [-0.05, 0) is 36.5 Å². The van der Waals surface area contributed by atoms with Gasteiger partial charge in [0.15, 0.2) is 5.76 Å². The molecule has 0 spiro atoms. The second-order valence-electron chi connectivity index (χ2n) is 7.65. The van der Waals surface area contributed by atoms with E-state index in [4.69, 9.17) is 30.5 Å². The molecule has 6 aromatic rings. The van der Waals surface area contributed by atoms with Crippen LogP contribution in [0.2, 0.25) is 5.02 Å². The molecule has 0 bridgehead atoms. The molecule has 4 heterocycles. The molecule has 170 valence electrons. The van der Waals surface area contributed by atoms with Gasteiger partial charge in [0.05, 0.1) is 24.4 Å². The molecular weight excluding hydrogens is 492 g/mol. The van der Waals surface area contributed by atoms with Gasteiger partial charge in [-0.1, -0.05) is 35.4 Å². The van der Waals surface area contributed by atoms with E-state index in [1.807, 2.05) is 17.5 Å². The van der Waals surface area contributed by atoms with Gasteiger partial charge in [-0.25, -0.2) is 14.5 Å². The third kappa shape index (κ3) is 3.91. The Bertz CT molecular complexity index is 1620. The van der Waals surface area contributed by atoms with Crippen molar-refractivity contribution >= 4 is 50.2 Å². The number of aromatic nitrogens is 4. The van der Waals surface area contributed by atoms with Crippen LogP contribution in [0.5, 0.6) is 10.9 Å². The number of nitrogens with zero attached hydrogens (tertiary/aromatic N) is 4. The smallest absolute Gasteiger partial charge is 0.294 e. The van der Waals surface area contributed by atoms with Crippen molar-refractivity contribution in [3.05, 3.63) is 70.3 Å². The van der Waals surface area contributed by atoms with Crippen LogP contribution in [-0.4, -0.2) is 26.7 Å². The highest BCUT2D eigenvalue weighted by Crippen LogP contribution is 2.37. The maximum Gasteiger partial charge on any atom is 0.294 e. The van der Waals surface area contributed by atoms with Crippen molar-refractivity contribution < 1.29 is 13.9 Å². The highest BCUT2D eigenvalue weighted by atomic mass is 35.5. The summed E-state index contributed by atoms with van der Waals surface area (Å²) in [5, 5.41) is 9.18. The van der Waals surface area contributed by atoms with Crippen LogP contribution in [0.15, 0.2) is 58.5 Å². The first kappa shape index (κ1) is 21.2. The fourth-order valence-electron chi connectivity index (χ4n) is 3.64. The molecule has 0 atom stereocenters. The lowest BCUT2D eigenvalue weighted by molar-refractivity contribution is 0.306. The number of methoxy groups -OCH3 is 1. The second-order valence-corrected chi connectivity index (χ2v) is 9.87. The number of aryl methyl sites for hydroxylation is 1. The fraction of sp³-hybridized carbons (Fsp3) is 0.125. The molecule has 0 saturated carbocycles. The van der Waals surface area contributed by atoms with Crippen molar-refractivity contribution in [3.8, 4) is 33.0 Å². The van der Waals surface area contributed by atoms with E-state index in [-0.39, 0.29) is 0 Å². The lowest BCUT2D eigenvalue weighted by Crippen LogP contribution is -1.96. The van der Waals surface area contributed by atoms with Crippen molar-refractivity contribution in [2.24, 2.45) is 0 Å². The number of imidazole rings is 1. The lowest BCUT2D eigenvalue weighted by Gasteiger charge is -2.06. The van der Waals surface area contributed by atoms with Crippen molar-refractivity contribution in [2.75, 3.05) is 7.11 Å². The average molecular weight is 509 g/mol. The van der Waals surface area contributed by atoms with Gasteiger partial charge in [0, 0.05) is 22.0 Å². The molecule has 6 rings (SSSR count). The average Bonchev–Trinajstić information content (AvgIpc) is 3.59. The predicted molar refractivity (Wildman–Crippen MR) is 134 cm³/mol. The Morgan fingerprint density at radius 1 is 1.15 bits per heavy atom. The third-order valence-corrected chi connectivity index (χ3v) is 7.25. The number of benzene rings is 2. The minimum Gasteiger partial charge on any atom is -0.486 e. The van der Waals surface area contributed by atoms with Gasteiger partial charge in [-0.15, -0.1) is 16.4 Å². The minimum absolute atomic E-state index is 0.322. The largest absolute Gasteiger partial charge is 0.486 e. The van der Waals surface area contributed by atoms with Gasteiger partial charge in [-0.2, -0.15) is 0 Å². The molecule has 0 aliphatic rings. The molecule has 0 fully saturated rings. The summed E-state index contributed by atoms with van der Waals surface area (Å²) in [5.41, 5.74) is 4.45. The number of furan rings is 1. The molecular formula is C24H17ClN4O3S2. The van der Waals surface area contributed by atoms with Crippen LogP contribution >= 0.6 is 34.3 Å². The van der Waals surface area contributed by atoms with Crippen LogP contribution in [0, 0.1) is 6.92 Å². The second kappa shape index (κ2) is 8.43. The molecule has 10 heteroatoms. The summed E-state index contributed by atoms with van der Waals surface area (Å²) in [6.45, 7) is 2.40. The number of thiazole rings is 1. The zero-order valence-electron chi connectivity index (χ0n) is 18.1. The topological polar surface area (TPSA) is 74.7 Å². The van der Waals surface area contributed by atoms with E-state index in [1.54, 1.807) is 41.3 Å². The number of fused-ring (bicyclic) bond motifs is 2. The van der Waals surface area contributed by atoms with E-state index < -0.39 is 0 Å². The first-order valence-electron chi connectivity index (χ1n) is 10.3.